The van der Waals surface area contributed by atoms with E-state index in [0.717, 1.165) is 24.3 Å². The molecule has 0 saturated carbocycles. The van der Waals surface area contributed by atoms with Crippen LogP contribution < -0.4 is 5.32 Å². The van der Waals surface area contributed by atoms with Crippen LogP contribution in [-0.2, 0) is 11.2 Å². The van der Waals surface area contributed by atoms with Crippen LogP contribution in [0.3, 0.4) is 0 Å². The quantitative estimate of drug-likeness (QED) is 0.476. The van der Waals surface area contributed by atoms with Crippen molar-refractivity contribution in [1.29, 1.82) is 5.26 Å². The van der Waals surface area contributed by atoms with Crippen molar-refractivity contribution in [3.05, 3.63) is 64.7 Å². The molecular weight excluding hydrogens is 377 g/mol. The molecule has 1 amide bonds. The third-order valence-corrected chi connectivity index (χ3v) is 4.85. The van der Waals surface area contributed by atoms with Crippen molar-refractivity contribution < 1.29 is 9.18 Å². The van der Waals surface area contributed by atoms with Gasteiger partial charge in [-0.3, -0.25) is 10.1 Å². The van der Waals surface area contributed by atoms with Gasteiger partial charge in [-0.05, 0) is 42.8 Å². The highest BCUT2D eigenvalue weighted by atomic mass is 32.1. The fourth-order valence-electron chi connectivity index (χ4n) is 2.57. The van der Waals surface area contributed by atoms with Gasteiger partial charge in [-0.1, -0.05) is 30.7 Å². The Morgan fingerprint density at radius 1 is 1.36 bits per heavy atom. The molecule has 2 heterocycles. The summed E-state index contributed by atoms with van der Waals surface area (Å²) in [6, 6.07) is 11.5. The number of rotatable bonds is 7. The third-order valence-electron chi connectivity index (χ3n) is 3.96. The second kappa shape index (κ2) is 9.06. The van der Waals surface area contributed by atoms with Gasteiger partial charge in [-0.25, -0.2) is 4.39 Å². The minimum atomic E-state index is -0.562. The van der Waals surface area contributed by atoms with Crippen LogP contribution in [0.25, 0.3) is 11.8 Å². The standard InChI is InChI=1S/C20H18FN5OS/c1-2-3-9-18-24-25-20(28-18)23-19(27)14(13-22)11-16-8-5-10-26(16)17-7-4-6-15(21)12-17/h4-8,10-12H,2-3,9H2,1H3,(H,23,25,27). The average Bonchev–Trinajstić information content (AvgIpc) is 3.33. The zero-order chi connectivity index (χ0) is 19.9. The zero-order valence-electron chi connectivity index (χ0n) is 15.2. The summed E-state index contributed by atoms with van der Waals surface area (Å²) in [5.74, 6) is -0.929. The van der Waals surface area contributed by atoms with E-state index in [-0.39, 0.29) is 11.4 Å². The van der Waals surface area contributed by atoms with Crippen LogP contribution in [0.5, 0.6) is 0 Å². The van der Waals surface area contributed by atoms with E-state index in [0.29, 0.717) is 16.5 Å². The number of anilines is 1. The molecule has 0 unspecified atom stereocenters. The number of halogens is 1. The van der Waals surface area contributed by atoms with Crippen molar-refractivity contribution in [3.8, 4) is 11.8 Å². The van der Waals surface area contributed by atoms with E-state index < -0.39 is 5.91 Å². The lowest BCUT2D eigenvalue weighted by Crippen LogP contribution is -2.13. The SMILES string of the molecule is CCCCc1nnc(NC(=O)C(C#N)=Cc2cccn2-c2cccc(F)c2)s1. The highest BCUT2D eigenvalue weighted by Crippen LogP contribution is 2.20. The largest absolute Gasteiger partial charge is 0.317 e. The molecule has 0 bridgehead atoms. The molecule has 0 aliphatic carbocycles. The minimum absolute atomic E-state index is 0.0818. The maximum atomic E-state index is 13.5. The van der Waals surface area contributed by atoms with Gasteiger partial charge >= 0.3 is 0 Å². The van der Waals surface area contributed by atoms with Crippen molar-refractivity contribution in [2.45, 2.75) is 26.2 Å². The number of carbonyl (C=O) groups excluding carboxylic acids is 1. The molecule has 0 aliphatic rings. The first-order chi connectivity index (χ1) is 13.6. The first-order valence-electron chi connectivity index (χ1n) is 8.79. The van der Waals surface area contributed by atoms with Crippen LogP contribution in [0.4, 0.5) is 9.52 Å². The Kier molecular flexibility index (Phi) is 6.29. The number of unbranched alkanes of at least 4 members (excludes halogenated alkanes) is 1. The molecule has 6 nitrogen and oxygen atoms in total. The Bertz CT molecular complexity index is 1050. The van der Waals surface area contributed by atoms with Crippen LogP contribution in [0.2, 0.25) is 0 Å². The Labute approximate surface area is 166 Å². The molecule has 3 rings (SSSR count). The van der Waals surface area contributed by atoms with Gasteiger partial charge in [-0.2, -0.15) is 5.26 Å². The molecule has 0 radical (unpaired) electrons. The molecule has 1 aromatic carbocycles. The number of nitriles is 1. The molecule has 28 heavy (non-hydrogen) atoms. The highest BCUT2D eigenvalue weighted by molar-refractivity contribution is 7.15. The number of carbonyl (C=O) groups is 1. The topological polar surface area (TPSA) is 83.6 Å². The van der Waals surface area contributed by atoms with Gasteiger partial charge in [0.25, 0.3) is 5.91 Å². The van der Waals surface area contributed by atoms with E-state index in [1.165, 1.54) is 29.5 Å². The lowest BCUT2D eigenvalue weighted by molar-refractivity contribution is -0.112. The Hall–Kier alpha value is -3.31. The fourth-order valence-corrected chi connectivity index (χ4v) is 3.34. The average molecular weight is 395 g/mol. The predicted molar refractivity (Wildman–Crippen MR) is 106 cm³/mol. The number of aromatic nitrogens is 3. The van der Waals surface area contributed by atoms with Crippen LogP contribution in [0.15, 0.2) is 48.2 Å². The molecular formula is C20H18FN5OS. The Morgan fingerprint density at radius 2 is 2.21 bits per heavy atom. The lowest BCUT2D eigenvalue weighted by Gasteiger charge is -2.07. The summed E-state index contributed by atoms with van der Waals surface area (Å²) in [5, 5.41) is 21.2. The lowest BCUT2D eigenvalue weighted by atomic mass is 10.2. The van der Waals surface area contributed by atoms with Crippen LogP contribution >= 0.6 is 11.3 Å². The maximum absolute atomic E-state index is 13.5. The summed E-state index contributed by atoms with van der Waals surface area (Å²) < 4.78 is 15.2. The smallest absolute Gasteiger partial charge is 0.268 e. The fraction of sp³-hybridized carbons (Fsp3) is 0.200. The summed E-state index contributed by atoms with van der Waals surface area (Å²) in [6.07, 6.45) is 6.06. The van der Waals surface area contributed by atoms with E-state index >= 15 is 0 Å². The molecule has 0 aliphatic heterocycles. The van der Waals surface area contributed by atoms with Gasteiger partial charge in [0.05, 0.1) is 0 Å². The van der Waals surface area contributed by atoms with E-state index in [1.807, 2.05) is 6.07 Å². The second-order valence-corrected chi connectivity index (χ2v) is 7.07. The summed E-state index contributed by atoms with van der Waals surface area (Å²) in [7, 11) is 0. The van der Waals surface area contributed by atoms with Crippen molar-refractivity contribution in [1.82, 2.24) is 14.8 Å². The van der Waals surface area contributed by atoms with Gasteiger partial charge in [0.1, 0.15) is 22.5 Å². The van der Waals surface area contributed by atoms with Crippen molar-refractivity contribution in [2.75, 3.05) is 5.32 Å². The Balaban J connectivity index is 1.79. The van der Waals surface area contributed by atoms with Crippen molar-refractivity contribution >= 4 is 28.5 Å². The first kappa shape index (κ1) is 19.5. The van der Waals surface area contributed by atoms with Gasteiger partial charge in [0.15, 0.2) is 0 Å². The normalized spacial score (nSPS) is 11.2. The van der Waals surface area contributed by atoms with Gasteiger partial charge < -0.3 is 4.57 Å². The molecule has 0 spiro atoms. The number of nitrogens with zero attached hydrogens (tertiary/aromatic N) is 4. The highest BCUT2D eigenvalue weighted by Gasteiger charge is 2.14. The molecule has 0 atom stereocenters. The van der Waals surface area contributed by atoms with Gasteiger partial charge in [0.2, 0.25) is 5.13 Å². The summed E-state index contributed by atoms with van der Waals surface area (Å²) >= 11 is 1.30. The van der Waals surface area contributed by atoms with Crippen LogP contribution in [-0.4, -0.2) is 20.7 Å². The van der Waals surface area contributed by atoms with Crippen LogP contribution in [0, 0.1) is 17.1 Å². The molecule has 2 aromatic heterocycles. The van der Waals surface area contributed by atoms with Crippen LogP contribution in [0.1, 0.15) is 30.5 Å². The van der Waals surface area contributed by atoms with E-state index in [4.69, 9.17) is 0 Å². The number of amides is 1. The first-order valence-corrected chi connectivity index (χ1v) is 9.61. The van der Waals surface area contributed by atoms with Gasteiger partial charge in [0, 0.05) is 24.0 Å². The molecule has 1 N–H and O–H groups in total. The number of hydrogen-bond acceptors (Lipinski definition) is 5. The predicted octanol–water partition coefficient (Wildman–Crippen LogP) is 4.36. The van der Waals surface area contributed by atoms with Gasteiger partial charge in [-0.15, -0.1) is 10.2 Å². The molecule has 8 heteroatoms. The summed E-state index contributed by atoms with van der Waals surface area (Å²) in [5.41, 5.74) is 1.10. The van der Waals surface area contributed by atoms with E-state index in [9.17, 15) is 14.4 Å². The molecule has 142 valence electrons. The second-order valence-electron chi connectivity index (χ2n) is 6.01. The molecule has 0 fully saturated rings. The zero-order valence-corrected chi connectivity index (χ0v) is 16.0. The number of benzene rings is 1. The minimum Gasteiger partial charge on any atom is -0.317 e. The molecule has 3 aromatic rings. The third kappa shape index (κ3) is 4.69. The summed E-state index contributed by atoms with van der Waals surface area (Å²) in [4.78, 5) is 12.5. The number of aryl methyl sites for hydroxylation is 1. The van der Waals surface area contributed by atoms with Crippen molar-refractivity contribution in [3.63, 3.8) is 0 Å². The summed E-state index contributed by atoms with van der Waals surface area (Å²) in [6.45, 7) is 2.09. The van der Waals surface area contributed by atoms with E-state index in [1.54, 1.807) is 35.0 Å². The molecule has 0 saturated heterocycles. The van der Waals surface area contributed by atoms with Crippen molar-refractivity contribution in [2.24, 2.45) is 0 Å². The number of nitrogens with one attached hydrogen (secondary N) is 1. The monoisotopic (exact) mass is 395 g/mol. The maximum Gasteiger partial charge on any atom is 0.268 e. The Morgan fingerprint density at radius 3 is 2.96 bits per heavy atom. The number of hydrogen-bond donors (Lipinski definition) is 1. The van der Waals surface area contributed by atoms with E-state index in [2.05, 4.69) is 22.4 Å².